The van der Waals surface area contributed by atoms with Crippen LogP contribution in [-0.2, 0) is 38.1 Å². The molecule has 0 saturated carbocycles. The summed E-state index contributed by atoms with van der Waals surface area (Å²) < 4.78 is 25.0. The van der Waals surface area contributed by atoms with E-state index in [4.69, 9.17) is 28.8 Å². The molecule has 0 saturated heterocycles. The first kappa shape index (κ1) is 25.7. The summed E-state index contributed by atoms with van der Waals surface area (Å²) in [6.45, 7) is 12.2. The Balaban J connectivity index is 0. The quantitative estimate of drug-likeness (QED) is 0.252. The van der Waals surface area contributed by atoms with E-state index in [9.17, 15) is 14.4 Å². The minimum absolute atomic E-state index is 0.192. The van der Waals surface area contributed by atoms with Gasteiger partial charge in [0.15, 0.2) is 0 Å². The number of esters is 2. The molecule has 9 heteroatoms. The first-order chi connectivity index (χ1) is 12.5. The van der Waals surface area contributed by atoms with Crippen molar-refractivity contribution in [3.8, 4) is 0 Å². The second kappa shape index (κ2) is 20.6. The van der Waals surface area contributed by atoms with Gasteiger partial charge >= 0.3 is 17.9 Å². The van der Waals surface area contributed by atoms with E-state index >= 15 is 0 Å². The number of carbonyl (C=O) groups is 3. The predicted octanol–water partition coefficient (Wildman–Crippen LogP) is 0.752. The number of ether oxygens (including phenoxy) is 5. The molecule has 148 valence electrons. The van der Waals surface area contributed by atoms with E-state index in [1.54, 1.807) is 0 Å². The second-order valence-electron chi connectivity index (χ2n) is 4.12. The number of hydrogen-bond acceptors (Lipinski definition) is 8. The molecule has 0 aromatic carbocycles. The number of carboxylic acid groups (broad SMARTS) is 1. The van der Waals surface area contributed by atoms with Crippen LogP contribution in [0.5, 0.6) is 0 Å². The Morgan fingerprint density at radius 3 is 1.12 bits per heavy atom. The van der Waals surface area contributed by atoms with Crippen molar-refractivity contribution in [1.29, 1.82) is 0 Å². The van der Waals surface area contributed by atoms with Crippen molar-refractivity contribution in [3.63, 3.8) is 0 Å². The third-order valence-corrected chi connectivity index (χ3v) is 2.20. The summed E-state index contributed by atoms with van der Waals surface area (Å²) in [7, 11) is 0. The number of hydrogen-bond donors (Lipinski definition) is 1. The molecule has 0 radical (unpaired) electrons. The fraction of sp³-hybridized carbons (Fsp3) is 0.471. The number of rotatable bonds is 15. The maximum Gasteiger partial charge on any atom is 0.330 e. The average molecular weight is 374 g/mol. The van der Waals surface area contributed by atoms with Gasteiger partial charge in [-0.25, -0.2) is 14.4 Å². The summed E-state index contributed by atoms with van der Waals surface area (Å²) in [5.74, 6) is -1.92. The fourth-order valence-electron chi connectivity index (χ4n) is 1.06. The second-order valence-corrected chi connectivity index (χ2v) is 4.12. The van der Waals surface area contributed by atoms with Crippen LogP contribution in [0.4, 0.5) is 0 Å². The van der Waals surface area contributed by atoms with Gasteiger partial charge in [-0.15, -0.1) is 0 Å². The Morgan fingerprint density at radius 1 is 0.615 bits per heavy atom. The van der Waals surface area contributed by atoms with E-state index in [0.29, 0.717) is 39.6 Å². The van der Waals surface area contributed by atoms with E-state index in [-0.39, 0.29) is 13.2 Å². The summed E-state index contributed by atoms with van der Waals surface area (Å²) in [6.07, 6.45) is 3.03. The number of carboxylic acids is 1. The van der Waals surface area contributed by atoms with Crippen LogP contribution in [0.1, 0.15) is 0 Å². The molecule has 0 rings (SSSR count). The maximum absolute atomic E-state index is 10.7. The van der Waals surface area contributed by atoms with Crippen molar-refractivity contribution in [3.05, 3.63) is 38.0 Å². The highest BCUT2D eigenvalue weighted by atomic mass is 16.6. The average Bonchev–Trinajstić information content (AvgIpc) is 2.65. The van der Waals surface area contributed by atoms with Gasteiger partial charge in [0.05, 0.1) is 39.6 Å². The zero-order valence-electron chi connectivity index (χ0n) is 14.7. The third kappa shape index (κ3) is 23.8. The minimum Gasteiger partial charge on any atom is -0.478 e. The predicted molar refractivity (Wildman–Crippen MR) is 92.6 cm³/mol. The summed E-state index contributed by atoms with van der Waals surface area (Å²) in [4.78, 5) is 30.6. The molecule has 26 heavy (non-hydrogen) atoms. The lowest BCUT2D eigenvalue weighted by Crippen LogP contribution is -2.14. The molecule has 0 heterocycles. The highest BCUT2D eigenvalue weighted by Crippen LogP contribution is 1.85. The highest BCUT2D eigenvalue weighted by molar-refractivity contribution is 5.81. The van der Waals surface area contributed by atoms with Gasteiger partial charge < -0.3 is 28.8 Å². The molecule has 0 spiro atoms. The molecule has 0 aromatic heterocycles. The molecule has 0 bridgehead atoms. The van der Waals surface area contributed by atoms with Gasteiger partial charge in [0.2, 0.25) is 0 Å². The smallest absolute Gasteiger partial charge is 0.330 e. The lowest BCUT2D eigenvalue weighted by atomic mass is 10.6. The van der Waals surface area contributed by atoms with Crippen molar-refractivity contribution >= 4 is 17.9 Å². The molecule has 0 unspecified atom stereocenters. The highest BCUT2D eigenvalue weighted by Gasteiger charge is 1.96. The summed E-state index contributed by atoms with van der Waals surface area (Å²) >= 11 is 0. The third-order valence-electron chi connectivity index (χ3n) is 2.20. The molecule has 0 aliphatic rings. The van der Waals surface area contributed by atoms with E-state index in [0.717, 1.165) is 18.2 Å². The molecule has 0 fully saturated rings. The Labute approximate surface area is 152 Å². The molecule has 1 N–H and O–H groups in total. The van der Waals surface area contributed by atoms with Crippen LogP contribution in [0.25, 0.3) is 0 Å². The zero-order chi connectivity index (χ0) is 20.0. The molecule has 0 aliphatic carbocycles. The number of aliphatic carboxylic acids is 1. The Morgan fingerprint density at radius 2 is 0.885 bits per heavy atom. The van der Waals surface area contributed by atoms with Crippen molar-refractivity contribution in [1.82, 2.24) is 0 Å². The van der Waals surface area contributed by atoms with E-state index in [1.165, 1.54) is 0 Å². The standard InChI is InChI=1S/C14H22O7.C3H4O2/c1-3-13(15)20-11-9-18-7-5-17-6-8-19-10-12-21-14(16)4-2;1-2-3(4)5/h3-4H,1-2,5-12H2;2H,1H2,(H,4,5). The molecular formula is C17H26O9. The Hall–Kier alpha value is -2.49. The lowest BCUT2D eigenvalue weighted by molar-refractivity contribution is -0.140. The Kier molecular flexibility index (Phi) is 20.4. The van der Waals surface area contributed by atoms with Gasteiger partial charge in [-0.2, -0.15) is 0 Å². The van der Waals surface area contributed by atoms with Gasteiger partial charge in [-0.3, -0.25) is 0 Å². The van der Waals surface area contributed by atoms with Gasteiger partial charge in [0, 0.05) is 18.2 Å². The molecule has 9 nitrogen and oxygen atoms in total. The molecule has 0 amide bonds. The minimum atomic E-state index is -0.981. The van der Waals surface area contributed by atoms with Crippen molar-refractivity contribution in [2.24, 2.45) is 0 Å². The normalized spacial score (nSPS) is 9.23. The Bertz CT molecular complexity index is 402. The van der Waals surface area contributed by atoms with E-state index in [1.807, 2.05) is 0 Å². The van der Waals surface area contributed by atoms with Gasteiger partial charge in [-0.1, -0.05) is 19.7 Å². The monoisotopic (exact) mass is 374 g/mol. The topological polar surface area (TPSA) is 118 Å². The maximum atomic E-state index is 10.7. The molecule has 0 atom stereocenters. The summed E-state index contributed by atoms with van der Waals surface area (Å²) in [5, 5.41) is 7.60. The first-order valence-corrected chi connectivity index (χ1v) is 7.64. The SMILES string of the molecule is C=CC(=O)O.C=CC(=O)OCCOCCOCCOCCOC(=O)C=C. The summed E-state index contributed by atoms with van der Waals surface area (Å²) in [5.41, 5.74) is 0. The first-order valence-electron chi connectivity index (χ1n) is 7.64. The van der Waals surface area contributed by atoms with Crippen LogP contribution in [-0.4, -0.2) is 75.9 Å². The summed E-state index contributed by atoms with van der Waals surface area (Å²) in [6, 6.07) is 0. The molecule has 0 aromatic rings. The van der Waals surface area contributed by atoms with Gasteiger partial charge in [-0.05, 0) is 0 Å². The van der Waals surface area contributed by atoms with Gasteiger partial charge in [0.1, 0.15) is 13.2 Å². The lowest BCUT2D eigenvalue weighted by Gasteiger charge is -2.07. The van der Waals surface area contributed by atoms with Crippen LogP contribution in [0.2, 0.25) is 0 Å². The van der Waals surface area contributed by atoms with Crippen LogP contribution in [0.15, 0.2) is 38.0 Å². The van der Waals surface area contributed by atoms with Crippen LogP contribution in [0, 0.1) is 0 Å². The zero-order valence-corrected chi connectivity index (χ0v) is 14.7. The van der Waals surface area contributed by atoms with Crippen molar-refractivity contribution in [2.75, 3.05) is 52.9 Å². The largest absolute Gasteiger partial charge is 0.478 e. The van der Waals surface area contributed by atoms with Crippen molar-refractivity contribution in [2.45, 2.75) is 0 Å². The van der Waals surface area contributed by atoms with Crippen LogP contribution in [0.3, 0.4) is 0 Å². The molecule has 0 aliphatic heterocycles. The van der Waals surface area contributed by atoms with Crippen LogP contribution < -0.4 is 0 Å². The van der Waals surface area contributed by atoms with Crippen LogP contribution >= 0.6 is 0 Å². The molecular weight excluding hydrogens is 348 g/mol. The number of carbonyl (C=O) groups excluding carboxylic acids is 2. The van der Waals surface area contributed by atoms with Gasteiger partial charge in [0.25, 0.3) is 0 Å². The van der Waals surface area contributed by atoms with Crippen molar-refractivity contribution < 1.29 is 43.2 Å². The van der Waals surface area contributed by atoms with E-state index < -0.39 is 17.9 Å². The van der Waals surface area contributed by atoms with E-state index in [2.05, 4.69) is 19.7 Å². The fourth-order valence-corrected chi connectivity index (χ4v) is 1.06.